The fourth-order valence-corrected chi connectivity index (χ4v) is 3.47. The van der Waals surface area contributed by atoms with Gasteiger partial charge in [0.2, 0.25) is 0 Å². The van der Waals surface area contributed by atoms with Gasteiger partial charge in [-0.25, -0.2) is 4.98 Å². The van der Waals surface area contributed by atoms with E-state index in [-0.39, 0.29) is 12.5 Å². The van der Waals surface area contributed by atoms with Crippen molar-refractivity contribution in [3.63, 3.8) is 0 Å². The first-order valence-corrected chi connectivity index (χ1v) is 10.2. The van der Waals surface area contributed by atoms with E-state index in [0.29, 0.717) is 12.5 Å². The number of carbonyl (C=O) groups excluding carboxylic acids is 1. The molecule has 0 saturated carbocycles. The molecule has 0 atom stereocenters. The van der Waals surface area contributed by atoms with E-state index in [0.717, 1.165) is 41.3 Å². The topological polar surface area (TPSA) is 54.5 Å². The van der Waals surface area contributed by atoms with Gasteiger partial charge in [-0.3, -0.25) is 4.79 Å². The highest BCUT2D eigenvalue weighted by Gasteiger charge is 2.12. The zero-order valence-corrected chi connectivity index (χ0v) is 17.2. The molecular formula is C23H31N3O2. The van der Waals surface area contributed by atoms with Crippen LogP contribution in [-0.2, 0) is 11.3 Å². The van der Waals surface area contributed by atoms with E-state index in [1.807, 2.05) is 31.3 Å². The van der Waals surface area contributed by atoms with Crippen molar-refractivity contribution in [3.05, 3.63) is 53.2 Å². The van der Waals surface area contributed by atoms with Crippen LogP contribution in [-0.4, -0.2) is 30.6 Å². The molecule has 0 aliphatic carbocycles. The first-order valence-electron chi connectivity index (χ1n) is 10.2. The smallest absolute Gasteiger partial charge is 0.258 e. The third-order valence-corrected chi connectivity index (χ3v) is 5.13. The van der Waals surface area contributed by atoms with Gasteiger partial charge in [-0.05, 0) is 60.9 Å². The zero-order chi connectivity index (χ0) is 19.9. The zero-order valence-electron chi connectivity index (χ0n) is 17.2. The average Bonchev–Trinajstić information content (AvgIpc) is 2.71. The second-order valence-electron chi connectivity index (χ2n) is 7.83. The quantitative estimate of drug-likeness (QED) is 0.781. The van der Waals surface area contributed by atoms with Crippen LogP contribution in [0.4, 0.5) is 5.82 Å². The predicted octanol–water partition coefficient (Wildman–Crippen LogP) is 4.20. The Bertz CT molecular complexity index is 781. The number of piperidine rings is 1. The van der Waals surface area contributed by atoms with Gasteiger partial charge in [-0.1, -0.05) is 32.0 Å². The van der Waals surface area contributed by atoms with Crippen molar-refractivity contribution >= 4 is 11.7 Å². The summed E-state index contributed by atoms with van der Waals surface area (Å²) in [6.07, 6.45) is 5.63. The number of ether oxygens (including phenoxy) is 1. The minimum Gasteiger partial charge on any atom is -0.483 e. The van der Waals surface area contributed by atoms with Gasteiger partial charge >= 0.3 is 0 Å². The lowest BCUT2D eigenvalue weighted by Crippen LogP contribution is -2.30. The Kier molecular flexibility index (Phi) is 6.90. The van der Waals surface area contributed by atoms with Crippen LogP contribution in [0, 0.1) is 6.92 Å². The molecule has 1 fully saturated rings. The molecule has 2 aromatic rings. The van der Waals surface area contributed by atoms with Crippen LogP contribution in [0.1, 0.15) is 55.7 Å². The molecular weight excluding hydrogens is 350 g/mol. The maximum Gasteiger partial charge on any atom is 0.258 e. The molecule has 5 nitrogen and oxygen atoms in total. The Morgan fingerprint density at radius 2 is 1.96 bits per heavy atom. The number of hydrogen-bond donors (Lipinski definition) is 1. The van der Waals surface area contributed by atoms with Gasteiger partial charge in [-0.2, -0.15) is 0 Å². The Morgan fingerprint density at radius 3 is 2.64 bits per heavy atom. The molecule has 1 saturated heterocycles. The number of nitrogens with one attached hydrogen (secondary N) is 1. The summed E-state index contributed by atoms with van der Waals surface area (Å²) < 4.78 is 5.79. The van der Waals surface area contributed by atoms with Crippen LogP contribution in [0.3, 0.4) is 0 Å². The molecule has 2 heterocycles. The highest BCUT2D eigenvalue weighted by Crippen LogP contribution is 2.27. The fourth-order valence-electron chi connectivity index (χ4n) is 3.47. The number of amides is 1. The number of aromatic nitrogens is 1. The van der Waals surface area contributed by atoms with Crippen LogP contribution in [0.15, 0.2) is 36.5 Å². The first-order chi connectivity index (χ1) is 13.5. The van der Waals surface area contributed by atoms with E-state index in [9.17, 15) is 4.79 Å². The van der Waals surface area contributed by atoms with Gasteiger partial charge in [0.1, 0.15) is 11.6 Å². The highest BCUT2D eigenvalue weighted by atomic mass is 16.5. The normalized spacial score (nSPS) is 14.2. The lowest BCUT2D eigenvalue weighted by molar-refractivity contribution is -0.123. The molecule has 5 heteroatoms. The highest BCUT2D eigenvalue weighted by molar-refractivity contribution is 5.77. The average molecular weight is 382 g/mol. The molecule has 28 heavy (non-hydrogen) atoms. The Hall–Kier alpha value is -2.56. The second-order valence-corrected chi connectivity index (χ2v) is 7.83. The van der Waals surface area contributed by atoms with E-state index >= 15 is 0 Å². The molecule has 0 radical (unpaired) electrons. The van der Waals surface area contributed by atoms with E-state index in [1.54, 1.807) is 0 Å². The van der Waals surface area contributed by atoms with Crippen molar-refractivity contribution in [1.29, 1.82) is 0 Å². The Balaban J connectivity index is 1.49. The minimum atomic E-state index is -0.128. The van der Waals surface area contributed by atoms with Gasteiger partial charge in [-0.15, -0.1) is 0 Å². The lowest BCUT2D eigenvalue weighted by Gasteiger charge is -2.27. The van der Waals surface area contributed by atoms with Gasteiger partial charge in [0, 0.05) is 25.8 Å². The summed E-state index contributed by atoms with van der Waals surface area (Å²) in [5.74, 6) is 2.04. The largest absolute Gasteiger partial charge is 0.483 e. The second kappa shape index (κ2) is 9.58. The van der Waals surface area contributed by atoms with Crippen molar-refractivity contribution in [1.82, 2.24) is 10.3 Å². The number of rotatable bonds is 7. The molecule has 1 aromatic heterocycles. The Labute approximate surface area is 168 Å². The van der Waals surface area contributed by atoms with E-state index in [1.165, 1.54) is 19.3 Å². The van der Waals surface area contributed by atoms with Gasteiger partial charge in [0.05, 0.1) is 0 Å². The standard InChI is InChI=1S/C23H31N3O2/c1-17(2)20-9-7-18(3)13-21(20)28-16-23(27)25-15-19-8-10-22(24-14-19)26-11-5-4-6-12-26/h7-10,13-14,17H,4-6,11-12,15-16H2,1-3H3,(H,25,27). The number of nitrogens with zero attached hydrogens (tertiary/aromatic N) is 2. The third-order valence-electron chi connectivity index (χ3n) is 5.13. The number of carbonyl (C=O) groups is 1. The van der Waals surface area contributed by atoms with E-state index in [2.05, 4.69) is 41.2 Å². The summed E-state index contributed by atoms with van der Waals surface area (Å²) in [6.45, 7) is 8.91. The van der Waals surface area contributed by atoms with Crippen molar-refractivity contribution in [2.45, 2.75) is 52.5 Å². The number of hydrogen-bond acceptors (Lipinski definition) is 4. The summed E-state index contributed by atoms with van der Waals surface area (Å²) in [4.78, 5) is 19.1. The van der Waals surface area contributed by atoms with Crippen LogP contribution in [0.25, 0.3) is 0 Å². The molecule has 1 amide bonds. The summed E-state index contributed by atoms with van der Waals surface area (Å²) in [5.41, 5.74) is 3.24. The molecule has 150 valence electrons. The molecule has 1 aromatic carbocycles. The van der Waals surface area contributed by atoms with Gasteiger partial charge < -0.3 is 15.0 Å². The summed E-state index contributed by atoms with van der Waals surface area (Å²) >= 11 is 0. The van der Waals surface area contributed by atoms with Gasteiger partial charge in [0.25, 0.3) is 5.91 Å². The monoisotopic (exact) mass is 381 g/mol. The maximum absolute atomic E-state index is 12.2. The summed E-state index contributed by atoms with van der Waals surface area (Å²) in [5, 5.41) is 2.91. The molecule has 1 aliphatic rings. The molecule has 1 aliphatic heterocycles. The third kappa shape index (κ3) is 5.47. The van der Waals surface area contributed by atoms with Crippen LogP contribution < -0.4 is 15.0 Å². The molecule has 1 N–H and O–H groups in total. The summed E-state index contributed by atoms with van der Waals surface area (Å²) in [6, 6.07) is 10.2. The van der Waals surface area contributed by atoms with Crippen LogP contribution >= 0.6 is 0 Å². The fraction of sp³-hybridized carbons (Fsp3) is 0.478. The van der Waals surface area contributed by atoms with Crippen LogP contribution in [0.2, 0.25) is 0 Å². The molecule has 3 rings (SSSR count). The van der Waals surface area contributed by atoms with Crippen molar-refractivity contribution < 1.29 is 9.53 Å². The van der Waals surface area contributed by atoms with E-state index < -0.39 is 0 Å². The Morgan fingerprint density at radius 1 is 1.18 bits per heavy atom. The molecule has 0 spiro atoms. The molecule has 0 bridgehead atoms. The lowest BCUT2D eigenvalue weighted by atomic mass is 10.0. The maximum atomic E-state index is 12.2. The van der Waals surface area contributed by atoms with Crippen molar-refractivity contribution in [2.24, 2.45) is 0 Å². The number of pyridine rings is 1. The van der Waals surface area contributed by atoms with Crippen LogP contribution in [0.5, 0.6) is 5.75 Å². The molecule has 0 unspecified atom stereocenters. The summed E-state index contributed by atoms with van der Waals surface area (Å²) in [7, 11) is 0. The SMILES string of the molecule is Cc1ccc(C(C)C)c(OCC(=O)NCc2ccc(N3CCCCC3)nc2)c1. The number of benzene rings is 1. The minimum absolute atomic E-state index is 0.0163. The number of aryl methyl sites for hydroxylation is 1. The number of anilines is 1. The van der Waals surface area contributed by atoms with Gasteiger partial charge in [0.15, 0.2) is 6.61 Å². The van der Waals surface area contributed by atoms with Crippen molar-refractivity contribution in [3.8, 4) is 5.75 Å². The first kappa shape index (κ1) is 20.2. The predicted molar refractivity (Wildman–Crippen MR) is 113 cm³/mol. The van der Waals surface area contributed by atoms with Crippen molar-refractivity contribution in [2.75, 3.05) is 24.6 Å². The van der Waals surface area contributed by atoms with E-state index in [4.69, 9.17) is 4.74 Å².